The third kappa shape index (κ3) is 5.06. The van der Waals surface area contributed by atoms with Crippen LogP contribution in [0.15, 0.2) is 10.9 Å². The average Bonchev–Trinajstić information content (AvgIpc) is 2.67. The van der Waals surface area contributed by atoms with Crippen molar-refractivity contribution in [2.45, 2.75) is 19.5 Å². The quantitative estimate of drug-likeness (QED) is 0.762. The van der Waals surface area contributed by atoms with Crippen LogP contribution in [0, 0.1) is 0 Å². The predicted molar refractivity (Wildman–Crippen MR) is 66.0 cm³/mol. The second kappa shape index (κ2) is 6.71. The highest BCUT2D eigenvalue weighted by Crippen LogP contribution is 1.99. The molecule has 1 heterocycles. The Bertz CT molecular complexity index is 290. The molecular formula is C9H15N3OS2. The number of thiocarbonyl (C=S) groups is 1. The molecule has 0 spiro atoms. The van der Waals surface area contributed by atoms with Gasteiger partial charge in [-0.1, -0.05) is 0 Å². The topological polar surface area (TPSA) is 46.2 Å². The van der Waals surface area contributed by atoms with Gasteiger partial charge < -0.3 is 15.4 Å². The molecule has 1 atom stereocenters. The normalized spacial score (nSPS) is 12.1. The Morgan fingerprint density at radius 1 is 1.73 bits per heavy atom. The lowest BCUT2D eigenvalue weighted by atomic mass is 10.4. The molecule has 84 valence electrons. The molecule has 0 bridgehead atoms. The lowest BCUT2D eigenvalue weighted by molar-refractivity contribution is 0.179. The number of hydrogen-bond acceptors (Lipinski definition) is 4. The van der Waals surface area contributed by atoms with Gasteiger partial charge in [0.15, 0.2) is 5.11 Å². The number of aromatic nitrogens is 1. The first-order chi connectivity index (χ1) is 7.22. The number of nitrogens with one attached hydrogen (secondary N) is 2. The summed E-state index contributed by atoms with van der Waals surface area (Å²) in [5, 5.41) is 8.82. The van der Waals surface area contributed by atoms with Crippen LogP contribution in [0.5, 0.6) is 0 Å². The number of methoxy groups -OCH3 is 1. The Kier molecular flexibility index (Phi) is 5.52. The maximum Gasteiger partial charge on any atom is 0.166 e. The molecule has 0 aliphatic rings. The van der Waals surface area contributed by atoms with Crippen LogP contribution in [0.25, 0.3) is 0 Å². The summed E-state index contributed by atoms with van der Waals surface area (Å²) in [4.78, 5) is 4.15. The molecule has 15 heavy (non-hydrogen) atoms. The lowest BCUT2D eigenvalue weighted by Crippen LogP contribution is -2.42. The monoisotopic (exact) mass is 245 g/mol. The number of ether oxygens (including phenoxy) is 1. The molecule has 0 amide bonds. The van der Waals surface area contributed by atoms with Crippen molar-refractivity contribution in [2.75, 3.05) is 13.7 Å². The number of hydrogen-bond donors (Lipinski definition) is 2. The van der Waals surface area contributed by atoms with Gasteiger partial charge in [-0.05, 0) is 19.1 Å². The van der Waals surface area contributed by atoms with E-state index in [9.17, 15) is 0 Å². The van der Waals surface area contributed by atoms with Crippen LogP contribution in [-0.4, -0.2) is 29.9 Å². The predicted octanol–water partition coefficient (Wildman–Crippen LogP) is 1.14. The van der Waals surface area contributed by atoms with Gasteiger partial charge in [-0.3, -0.25) is 0 Å². The molecule has 0 aromatic carbocycles. The highest BCUT2D eigenvalue weighted by molar-refractivity contribution is 7.80. The van der Waals surface area contributed by atoms with E-state index in [1.807, 2.05) is 12.3 Å². The van der Waals surface area contributed by atoms with E-state index in [0.29, 0.717) is 18.3 Å². The van der Waals surface area contributed by atoms with Crippen molar-refractivity contribution in [2.24, 2.45) is 0 Å². The van der Waals surface area contributed by atoms with E-state index in [0.717, 1.165) is 5.69 Å². The van der Waals surface area contributed by atoms with Gasteiger partial charge in [-0.2, -0.15) is 0 Å². The highest BCUT2D eigenvalue weighted by Gasteiger charge is 2.03. The largest absolute Gasteiger partial charge is 0.383 e. The van der Waals surface area contributed by atoms with Crippen molar-refractivity contribution in [3.8, 4) is 0 Å². The van der Waals surface area contributed by atoms with Gasteiger partial charge in [0, 0.05) is 18.5 Å². The van der Waals surface area contributed by atoms with E-state index < -0.39 is 0 Å². The summed E-state index contributed by atoms with van der Waals surface area (Å²) in [6.07, 6.45) is 0. The van der Waals surface area contributed by atoms with Crippen LogP contribution < -0.4 is 10.6 Å². The second-order valence-electron chi connectivity index (χ2n) is 3.16. The van der Waals surface area contributed by atoms with Crippen molar-refractivity contribution in [1.82, 2.24) is 15.6 Å². The number of nitrogens with zero attached hydrogens (tertiary/aromatic N) is 1. The zero-order valence-corrected chi connectivity index (χ0v) is 10.5. The van der Waals surface area contributed by atoms with Gasteiger partial charge in [0.25, 0.3) is 0 Å². The van der Waals surface area contributed by atoms with Gasteiger partial charge in [-0.25, -0.2) is 4.98 Å². The minimum absolute atomic E-state index is 0.213. The molecule has 0 aliphatic carbocycles. The van der Waals surface area contributed by atoms with E-state index in [4.69, 9.17) is 17.0 Å². The SMILES string of the molecule is COCC(C)NC(=S)NCc1cscn1. The minimum atomic E-state index is 0.213. The van der Waals surface area contributed by atoms with E-state index >= 15 is 0 Å². The molecule has 0 saturated heterocycles. The fourth-order valence-electron chi connectivity index (χ4n) is 1.06. The van der Waals surface area contributed by atoms with Crippen LogP contribution in [0.4, 0.5) is 0 Å². The summed E-state index contributed by atoms with van der Waals surface area (Å²) in [6, 6.07) is 0.213. The Hall–Kier alpha value is -0.720. The highest BCUT2D eigenvalue weighted by atomic mass is 32.1. The maximum atomic E-state index is 5.12. The van der Waals surface area contributed by atoms with Crippen molar-refractivity contribution in [3.05, 3.63) is 16.6 Å². The molecule has 6 heteroatoms. The van der Waals surface area contributed by atoms with Crippen molar-refractivity contribution >= 4 is 28.7 Å². The van der Waals surface area contributed by atoms with Crippen LogP contribution in [-0.2, 0) is 11.3 Å². The summed E-state index contributed by atoms with van der Waals surface area (Å²) in [5.74, 6) is 0. The van der Waals surface area contributed by atoms with E-state index in [-0.39, 0.29) is 6.04 Å². The summed E-state index contributed by atoms with van der Waals surface area (Å²) in [6.45, 7) is 3.31. The molecule has 0 fully saturated rings. The zero-order chi connectivity index (χ0) is 11.1. The van der Waals surface area contributed by atoms with Crippen molar-refractivity contribution in [3.63, 3.8) is 0 Å². The molecule has 2 N–H and O–H groups in total. The fraction of sp³-hybridized carbons (Fsp3) is 0.556. The third-order valence-electron chi connectivity index (χ3n) is 1.71. The molecule has 1 rings (SSSR count). The van der Waals surface area contributed by atoms with Gasteiger partial charge in [0.2, 0.25) is 0 Å². The average molecular weight is 245 g/mol. The second-order valence-corrected chi connectivity index (χ2v) is 4.29. The molecule has 0 saturated carbocycles. The summed E-state index contributed by atoms with van der Waals surface area (Å²) >= 11 is 6.69. The van der Waals surface area contributed by atoms with Gasteiger partial charge >= 0.3 is 0 Å². The Morgan fingerprint density at radius 2 is 2.53 bits per heavy atom. The fourth-order valence-corrected chi connectivity index (χ4v) is 1.89. The van der Waals surface area contributed by atoms with Crippen molar-refractivity contribution in [1.29, 1.82) is 0 Å². The Morgan fingerprint density at radius 3 is 3.13 bits per heavy atom. The number of rotatable bonds is 5. The van der Waals surface area contributed by atoms with Gasteiger partial charge in [-0.15, -0.1) is 11.3 Å². The molecule has 1 unspecified atom stereocenters. The van der Waals surface area contributed by atoms with E-state index in [2.05, 4.69) is 15.6 Å². The Labute approximate surface area is 99.1 Å². The van der Waals surface area contributed by atoms with E-state index in [1.165, 1.54) is 0 Å². The van der Waals surface area contributed by atoms with Gasteiger partial charge in [0.1, 0.15) is 0 Å². The molecule has 0 aliphatic heterocycles. The Balaban J connectivity index is 2.19. The standard InChI is InChI=1S/C9H15N3OS2/c1-7(4-13-2)12-9(14)10-3-8-5-15-6-11-8/h5-7H,3-4H2,1-2H3,(H2,10,12,14). The summed E-state index contributed by atoms with van der Waals surface area (Å²) in [7, 11) is 1.67. The molecule has 1 aromatic rings. The van der Waals surface area contributed by atoms with E-state index in [1.54, 1.807) is 24.0 Å². The zero-order valence-electron chi connectivity index (χ0n) is 8.82. The first-order valence-corrected chi connectivity index (χ1v) is 5.98. The minimum Gasteiger partial charge on any atom is -0.383 e. The molecule has 0 radical (unpaired) electrons. The van der Waals surface area contributed by atoms with Crippen LogP contribution in [0.3, 0.4) is 0 Å². The van der Waals surface area contributed by atoms with Crippen LogP contribution >= 0.6 is 23.6 Å². The first kappa shape index (κ1) is 12.4. The molecule has 1 aromatic heterocycles. The van der Waals surface area contributed by atoms with Crippen LogP contribution in [0.2, 0.25) is 0 Å². The first-order valence-electron chi connectivity index (χ1n) is 4.62. The van der Waals surface area contributed by atoms with Crippen molar-refractivity contribution < 1.29 is 4.74 Å². The maximum absolute atomic E-state index is 5.12. The molecule has 4 nitrogen and oxygen atoms in total. The lowest BCUT2D eigenvalue weighted by Gasteiger charge is -2.15. The number of thiazole rings is 1. The summed E-state index contributed by atoms with van der Waals surface area (Å²) in [5.41, 5.74) is 2.81. The van der Waals surface area contributed by atoms with Crippen LogP contribution in [0.1, 0.15) is 12.6 Å². The third-order valence-corrected chi connectivity index (χ3v) is 2.61. The smallest absolute Gasteiger partial charge is 0.166 e. The molecular weight excluding hydrogens is 230 g/mol. The van der Waals surface area contributed by atoms with Gasteiger partial charge in [0.05, 0.1) is 24.4 Å². The summed E-state index contributed by atoms with van der Waals surface area (Å²) < 4.78 is 4.99.